The second-order valence-electron chi connectivity index (χ2n) is 7.61. The molecule has 0 spiro atoms. The Labute approximate surface area is 175 Å². The fraction of sp³-hybridized carbons (Fsp3) is 0. The lowest BCUT2D eigenvalue weighted by molar-refractivity contribution is 1.18. The van der Waals surface area contributed by atoms with E-state index in [0.29, 0.717) is 0 Å². The van der Waals surface area contributed by atoms with Gasteiger partial charge in [0.1, 0.15) is 0 Å². The van der Waals surface area contributed by atoms with Gasteiger partial charge in [-0.1, -0.05) is 66.7 Å². The van der Waals surface area contributed by atoms with Crippen LogP contribution in [0.25, 0.3) is 38.3 Å². The second kappa shape index (κ2) is 6.78. The zero-order valence-electron chi connectivity index (χ0n) is 16.4. The first kappa shape index (κ1) is 16.9. The van der Waals surface area contributed by atoms with Crippen molar-refractivity contribution < 1.29 is 0 Å². The Morgan fingerprint density at radius 1 is 0.467 bits per heavy atom. The van der Waals surface area contributed by atoms with E-state index < -0.39 is 0 Å². The first-order chi connectivity index (χ1) is 14.9. The molecule has 1 aromatic heterocycles. The van der Waals surface area contributed by atoms with E-state index in [1.807, 2.05) is 0 Å². The summed E-state index contributed by atoms with van der Waals surface area (Å²) in [5.74, 6) is 0. The predicted molar refractivity (Wildman–Crippen MR) is 128 cm³/mol. The van der Waals surface area contributed by atoms with Crippen LogP contribution in [0.3, 0.4) is 0 Å². The number of hydrogen-bond donors (Lipinski definition) is 1. The SMILES string of the molecule is c1ccc(-n2c3ccccc3c3cc(Nc4ccc5ccccc5c4)ccc32)cc1. The number of hydrogen-bond acceptors (Lipinski definition) is 1. The van der Waals surface area contributed by atoms with Crippen LogP contribution in [0.5, 0.6) is 0 Å². The fourth-order valence-electron chi connectivity index (χ4n) is 4.34. The Kier molecular flexibility index (Phi) is 3.82. The third-order valence-electron chi connectivity index (χ3n) is 5.73. The van der Waals surface area contributed by atoms with Crippen molar-refractivity contribution in [1.29, 1.82) is 0 Å². The molecule has 1 heterocycles. The molecule has 0 amide bonds. The zero-order chi connectivity index (χ0) is 19.9. The van der Waals surface area contributed by atoms with Crippen molar-refractivity contribution in [2.24, 2.45) is 0 Å². The summed E-state index contributed by atoms with van der Waals surface area (Å²) in [5.41, 5.74) is 5.81. The fourth-order valence-corrected chi connectivity index (χ4v) is 4.34. The van der Waals surface area contributed by atoms with E-state index in [-0.39, 0.29) is 0 Å². The van der Waals surface area contributed by atoms with Crippen LogP contribution in [0.1, 0.15) is 0 Å². The molecule has 0 atom stereocenters. The zero-order valence-corrected chi connectivity index (χ0v) is 16.4. The Hall–Kier alpha value is -4.04. The summed E-state index contributed by atoms with van der Waals surface area (Å²) in [4.78, 5) is 0. The molecule has 0 unspecified atom stereocenters. The van der Waals surface area contributed by atoms with E-state index >= 15 is 0 Å². The molecule has 0 aliphatic rings. The number of nitrogens with one attached hydrogen (secondary N) is 1. The van der Waals surface area contributed by atoms with Crippen molar-refractivity contribution in [1.82, 2.24) is 4.57 Å². The van der Waals surface area contributed by atoms with Crippen molar-refractivity contribution in [3.8, 4) is 5.69 Å². The molecule has 1 N–H and O–H groups in total. The van der Waals surface area contributed by atoms with E-state index in [2.05, 4.69) is 125 Å². The van der Waals surface area contributed by atoms with Gasteiger partial charge in [-0.3, -0.25) is 0 Å². The summed E-state index contributed by atoms with van der Waals surface area (Å²) < 4.78 is 2.34. The van der Waals surface area contributed by atoms with Gasteiger partial charge in [0.2, 0.25) is 0 Å². The highest BCUT2D eigenvalue weighted by Gasteiger charge is 2.12. The minimum absolute atomic E-state index is 1.09. The number of anilines is 2. The van der Waals surface area contributed by atoms with Crippen molar-refractivity contribution in [3.05, 3.63) is 115 Å². The maximum atomic E-state index is 3.59. The van der Waals surface area contributed by atoms with Gasteiger partial charge in [0, 0.05) is 27.8 Å². The minimum Gasteiger partial charge on any atom is -0.355 e. The molecule has 0 radical (unpaired) electrons. The van der Waals surface area contributed by atoms with Crippen LogP contribution in [-0.4, -0.2) is 4.57 Å². The highest BCUT2D eigenvalue weighted by molar-refractivity contribution is 6.10. The van der Waals surface area contributed by atoms with Crippen LogP contribution in [0, 0.1) is 0 Å². The molecule has 0 saturated carbocycles. The van der Waals surface area contributed by atoms with E-state index in [4.69, 9.17) is 0 Å². The molecule has 0 aliphatic carbocycles. The molecule has 2 nitrogen and oxygen atoms in total. The van der Waals surface area contributed by atoms with Crippen molar-refractivity contribution in [2.75, 3.05) is 5.32 Å². The average molecular weight is 384 g/mol. The van der Waals surface area contributed by atoms with Gasteiger partial charge >= 0.3 is 0 Å². The van der Waals surface area contributed by atoms with Crippen molar-refractivity contribution in [3.63, 3.8) is 0 Å². The smallest absolute Gasteiger partial charge is 0.0542 e. The van der Waals surface area contributed by atoms with Crippen molar-refractivity contribution in [2.45, 2.75) is 0 Å². The third-order valence-corrected chi connectivity index (χ3v) is 5.73. The Bertz CT molecular complexity index is 1510. The summed E-state index contributed by atoms with van der Waals surface area (Å²) in [7, 11) is 0. The number of fused-ring (bicyclic) bond motifs is 4. The normalized spacial score (nSPS) is 11.3. The van der Waals surface area contributed by atoms with E-state index in [0.717, 1.165) is 11.4 Å². The number of rotatable bonds is 3. The summed E-state index contributed by atoms with van der Waals surface area (Å²) in [6.07, 6.45) is 0. The molecule has 6 rings (SSSR count). The largest absolute Gasteiger partial charge is 0.355 e. The number of nitrogens with zero attached hydrogens (tertiary/aromatic N) is 1. The molecule has 0 fully saturated rings. The average Bonchev–Trinajstić information content (AvgIpc) is 3.13. The van der Waals surface area contributed by atoms with E-state index in [1.165, 1.54) is 38.3 Å². The van der Waals surface area contributed by atoms with Crippen LogP contribution in [0.4, 0.5) is 11.4 Å². The van der Waals surface area contributed by atoms with Gasteiger partial charge in [-0.05, 0) is 59.3 Å². The molecule has 0 saturated heterocycles. The topological polar surface area (TPSA) is 17.0 Å². The lowest BCUT2D eigenvalue weighted by Crippen LogP contribution is -1.93. The summed E-state index contributed by atoms with van der Waals surface area (Å²) in [5, 5.41) is 8.60. The van der Waals surface area contributed by atoms with E-state index in [9.17, 15) is 0 Å². The minimum atomic E-state index is 1.09. The van der Waals surface area contributed by atoms with E-state index in [1.54, 1.807) is 0 Å². The van der Waals surface area contributed by atoms with Gasteiger partial charge in [0.15, 0.2) is 0 Å². The van der Waals surface area contributed by atoms with Crippen LogP contribution in [0.2, 0.25) is 0 Å². The molecular weight excluding hydrogens is 364 g/mol. The first-order valence-electron chi connectivity index (χ1n) is 10.2. The molecular formula is C28H20N2. The van der Waals surface area contributed by atoms with Crippen LogP contribution < -0.4 is 5.32 Å². The molecule has 30 heavy (non-hydrogen) atoms. The third kappa shape index (κ3) is 2.73. The quantitative estimate of drug-likeness (QED) is 0.331. The molecule has 0 bridgehead atoms. The Balaban J connectivity index is 1.50. The van der Waals surface area contributed by atoms with Gasteiger partial charge in [-0.25, -0.2) is 0 Å². The van der Waals surface area contributed by atoms with Crippen LogP contribution in [-0.2, 0) is 0 Å². The summed E-state index contributed by atoms with van der Waals surface area (Å²) in [6.45, 7) is 0. The Morgan fingerprint density at radius 2 is 1.13 bits per heavy atom. The van der Waals surface area contributed by atoms with Crippen LogP contribution >= 0.6 is 0 Å². The van der Waals surface area contributed by atoms with Crippen molar-refractivity contribution >= 4 is 44.0 Å². The number of benzene rings is 5. The van der Waals surface area contributed by atoms with Gasteiger partial charge in [0.05, 0.1) is 11.0 Å². The van der Waals surface area contributed by atoms with Gasteiger partial charge < -0.3 is 9.88 Å². The lowest BCUT2D eigenvalue weighted by atomic mass is 10.1. The lowest BCUT2D eigenvalue weighted by Gasteiger charge is -2.10. The van der Waals surface area contributed by atoms with Gasteiger partial charge in [-0.15, -0.1) is 0 Å². The summed E-state index contributed by atoms with van der Waals surface area (Å²) in [6, 6.07) is 40.8. The predicted octanol–water partition coefficient (Wildman–Crippen LogP) is 7.68. The molecule has 6 aromatic rings. The maximum Gasteiger partial charge on any atom is 0.0542 e. The maximum absolute atomic E-state index is 3.59. The number of aromatic nitrogens is 1. The number of para-hydroxylation sites is 2. The molecule has 5 aromatic carbocycles. The molecule has 2 heteroatoms. The van der Waals surface area contributed by atoms with Gasteiger partial charge in [-0.2, -0.15) is 0 Å². The van der Waals surface area contributed by atoms with Crippen LogP contribution in [0.15, 0.2) is 115 Å². The second-order valence-corrected chi connectivity index (χ2v) is 7.61. The molecule has 0 aliphatic heterocycles. The molecule has 142 valence electrons. The monoisotopic (exact) mass is 384 g/mol. The summed E-state index contributed by atoms with van der Waals surface area (Å²) >= 11 is 0. The highest BCUT2D eigenvalue weighted by Crippen LogP contribution is 2.34. The highest BCUT2D eigenvalue weighted by atomic mass is 15.0. The Morgan fingerprint density at radius 3 is 2.03 bits per heavy atom. The first-order valence-corrected chi connectivity index (χ1v) is 10.2. The van der Waals surface area contributed by atoms with Gasteiger partial charge in [0.25, 0.3) is 0 Å². The standard InChI is InChI=1S/C28H20N2/c1-2-10-24(11-3-1)30-27-13-7-6-12-25(27)26-19-23(16-17-28(26)30)29-22-15-14-20-8-4-5-9-21(20)18-22/h1-19,29H.